The van der Waals surface area contributed by atoms with E-state index in [9.17, 15) is 9.59 Å². The molecule has 8 nitrogen and oxygen atoms in total. The molecule has 0 radical (unpaired) electrons. The van der Waals surface area contributed by atoms with Crippen LogP contribution < -0.4 is 11.0 Å². The van der Waals surface area contributed by atoms with Crippen LogP contribution in [0.25, 0.3) is 15.9 Å². The number of carbonyl (C=O) groups excluding carboxylic acids is 1. The van der Waals surface area contributed by atoms with E-state index in [-0.39, 0.29) is 24.7 Å². The predicted octanol–water partition coefficient (Wildman–Crippen LogP) is 3.48. The molecule has 5 aromatic rings. The average Bonchev–Trinajstić information content (AvgIpc) is 3.59. The highest BCUT2D eigenvalue weighted by atomic mass is 32.1. The van der Waals surface area contributed by atoms with E-state index in [0.29, 0.717) is 23.7 Å². The molecule has 34 heavy (non-hydrogen) atoms. The van der Waals surface area contributed by atoms with E-state index in [1.807, 2.05) is 30.3 Å². The summed E-state index contributed by atoms with van der Waals surface area (Å²) in [6.07, 6.45) is 6.30. The first-order valence-corrected chi connectivity index (χ1v) is 12.2. The number of nitrogens with one attached hydrogen (secondary N) is 1. The standard InChI is InChI=1S/C25H23N5O3S/c31-21(26-14-17-9-6-12-33-17)15-29-24-22(18-10-4-5-11-19(18)34-24)23-27-20(28-30(23)25(29)32)13-16-7-2-1-3-8-16/h1-3,6-9,12H,4-5,10-11,13-15H2,(H,26,31). The van der Waals surface area contributed by atoms with Gasteiger partial charge >= 0.3 is 5.69 Å². The largest absolute Gasteiger partial charge is 0.467 e. The summed E-state index contributed by atoms with van der Waals surface area (Å²) in [7, 11) is 0. The zero-order valence-electron chi connectivity index (χ0n) is 18.5. The molecule has 0 saturated heterocycles. The molecular weight excluding hydrogens is 450 g/mol. The Balaban J connectivity index is 1.44. The van der Waals surface area contributed by atoms with Crippen LogP contribution in [0, 0.1) is 0 Å². The van der Waals surface area contributed by atoms with Crippen LogP contribution in [0.15, 0.2) is 57.9 Å². The number of hydrogen-bond acceptors (Lipinski definition) is 6. The van der Waals surface area contributed by atoms with Gasteiger partial charge in [0.05, 0.1) is 18.2 Å². The molecule has 9 heteroatoms. The Morgan fingerprint density at radius 3 is 2.79 bits per heavy atom. The second-order valence-electron chi connectivity index (χ2n) is 8.54. The third kappa shape index (κ3) is 3.71. The fourth-order valence-electron chi connectivity index (χ4n) is 4.61. The minimum atomic E-state index is -0.346. The van der Waals surface area contributed by atoms with Crippen molar-refractivity contribution in [3.05, 3.63) is 86.8 Å². The number of furan rings is 1. The van der Waals surface area contributed by atoms with Gasteiger partial charge in [0.2, 0.25) is 5.91 Å². The number of amides is 1. The molecule has 0 bridgehead atoms. The minimum Gasteiger partial charge on any atom is -0.467 e. The van der Waals surface area contributed by atoms with Gasteiger partial charge in [-0.25, -0.2) is 9.78 Å². The number of benzene rings is 1. The molecule has 4 aromatic heterocycles. The normalized spacial score (nSPS) is 13.4. The number of aromatic nitrogens is 4. The molecule has 1 N–H and O–H groups in total. The average molecular weight is 474 g/mol. The van der Waals surface area contributed by atoms with Gasteiger partial charge in [0.15, 0.2) is 11.5 Å². The van der Waals surface area contributed by atoms with Gasteiger partial charge in [0, 0.05) is 11.3 Å². The van der Waals surface area contributed by atoms with Crippen LogP contribution in [-0.2, 0) is 37.1 Å². The van der Waals surface area contributed by atoms with E-state index in [1.165, 1.54) is 15.0 Å². The van der Waals surface area contributed by atoms with Crippen molar-refractivity contribution in [2.75, 3.05) is 0 Å². The van der Waals surface area contributed by atoms with Gasteiger partial charge in [-0.3, -0.25) is 9.36 Å². The van der Waals surface area contributed by atoms with E-state index in [0.717, 1.165) is 41.5 Å². The SMILES string of the molecule is O=C(Cn1c(=O)n2nc(Cc3ccccc3)nc2c2c3c(sc21)CCCC3)NCc1ccco1. The van der Waals surface area contributed by atoms with Gasteiger partial charge in [-0.15, -0.1) is 16.4 Å². The number of fused-ring (bicyclic) bond motifs is 5. The van der Waals surface area contributed by atoms with Crippen LogP contribution in [0.2, 0.25) is 0 Å². The first kappa shape index (κ1) is 20.9. The van der Waals surface area contributed by atoms with Crippen molar-refractivity contribution in [3.63, 3.8) is 0 Å². The van der Waals surface area contributed by atoms with Gasteiger partial charge in [0.25, 0.3) is 0 Å². The number of nitrogens with zero attached hydrogens (tertiary/aromatic N) is 4. The Morgan fingerprint density at radius 1 is 1.12 bits per heavy atom. The molecule has 0 saturated carbocycles. The van der Waals surface area contributed by atoms with Gasteiger partial charge in [-0.1, -0.05) is 30.3 Å². The number of rotatable bonds is 6. The summed E-state index contributed by atoms with van der Waals surface area (Å²) in [6, 6.07) is 13.5. The van der Waals surface area contributed by atoms with E-state index in [1.54, 1.807) is 34.3 Å². The number of thiophene rings is 1. The molecule has 1 aliphatic carbocycles. The highest BCUT2D eigenvalue weighted by Gasteiger charge is 2.25. The fourth-order valence-corrected chi connectivity index (χ4v) is 5.99. The van der Waals surface area contributed by atoms with Crippen LogP contribution in [-0.4, -0.2) is 25.1 Å². The maximum atomic E-state index is 13.5. The summed E-state index contributed by atoms with van der Waals surface area (Å²) in [4.78, 5) is 33.2. The van der Waals surface area contributed by atoms with Crippen LogP contribution >= 0.6 is 11.3 Å². The Labute approximate surface area is 198 Å². The summed E-state index contributed by atoms with van der Waals surface area (Å²) in [6.45, 7) is 0.191. The number of hydrogen-bond donors (Lipinski definition) is 1. The zero-order valence-corrected chi connectivity index (χ0v) is 19.3. The lowest BCUT2D eigenvalue weighted by molar-refractivity contribution is -0.121. The molecule has 6 rings (SSSR count). The van der Waals surface area contributed by atoms with E-state index >= 15 is 0 Å². The van der Waals surface area contributed by atoms with Gasteiger partial charge in [0.1, 0.15) is 17.1 Å². The Morgan fingerprint density at radius 2 is 1.97 bits per heavy atom. The first-order chi connectivity index (χ1) is 16.7. The zero-order chi connectivity index (χ0) is 23.1. The lowest BCUT2D eigenvalue weighted by Crippen LogP contribution is -2.34. The molecule has 172 valence electrons. The van der Waals surface area contributed by atoms with Gasteiger partial charge < -0.3 is 9.73 Å². The molecule has 0 atom stereocenters. The molecule has 1 amide bonds. The molecule has 0 fully saturated rings. The second kappa shape index (κ2) is 8.57. The van der Waals surface area contributed by atoms with Gasteiger partial charge in [-0.2, -0.15) is 4.52 Å². The van der Waals surface area contributed by atoms with Crippen LogP contribution in [0.1, 0.15) is 40.4 Å². The van der Waals surface area contributed by atoms with Crippen molar-refractivity contribution < 1.29 is 9.21 Å². The van der Waals surface area contributed by atoms with E-state index in [4.69, 9.17) is 9.40 Å². The van der Waals surface area contributed by atoms with Crippen molar-refractivity contribution in [1.82, 2.24) is 24.5 Å². The van der Waals surface area contributed by atoms with Crippen molar-refractivity contribution in [3.8, 4) is 0 Å². The predicted molar refractivity (Wildman–Crippen MR) is 129 cm³/mol. The topological polar surface area (TPSA) is 94.4 Å². The highest BCUT2D eigenvalue weighted by molar-refractivity contribution is 7.19. The molecule has 1 aromatic carbocycles. The summed E-state index contributed by atoms with van der Waals surface area (Å²) in [5.41, 5.74) is 2.58. The molecule has 0 aliphatic heterocycles. The van der Waals surface area contributed by atoms with E-state index < -0.39 is 0 Å². The molecule has 1 aliphatic rings. The van der Waals surface area contributed by atoms with Crippen molar-refractivity contribution in [2.24, 2.45) is 0 Å². The summed E-state index contributed by atoms with van der Waals surface area (Å²) < 4.78 is 8.21. The van der Waals surface area contributed by atoms with Crippen LogP contribution in [0.5, 0.6) is 0 Å². The van der Waals surface area contributed by atoms with Gasteiger partial charge in [-0.05, 0) is 48.9 Å². The smallest absolute Gasteiger partial charge is 0.352 e. The lowest BCUT2D eigenvalue weighted by Gasteiger charge is -2.11. The van der Waals surface area contributed by atoms with Crippen LogP contribution in [0.4, 0.5) is 0 Å². The van der Waals surface area contributed by atoms with E-state index in [2.05, 4.69) is 10.4 Å². The maximum Gasteiger partial charge on any atom is 0.352 e. The lowest BCUT2D eigenvalue weighted by atomic mass is 9.97. The quantitative estimate of drug-likeness (QED) is 0.407. The van der Waals surface area contributed by atoms with Crippen molar-refractivity contribution >= 4 is 33.1 Å². The third-order valence-corrected chi connectivity index (χ3v) is 7.55. The Hall–Kier alpha value is -3.72. The summed E-state index contributed by atoms with van der Waals surface area (Å²) >= 11 is 1.61. The van der Waals surface area contributed by atoms with Crippen molar-refractivity contribution in [1.29, 1.82) is 0 Å². The number of carbonyl (C=O) groups is 1. The summed E-state index contributed by atoms with van der Waals surface area (Å²) in [5, 5.41) is 8.37. The molecule has 0 unspecified atom stereocenters. The third-order valence-electron chi connectivity index (χ3n) is 6.23. The monoisotopic (exact) mass is 473 g/mol. The van der Waals surface area contributed by atoms with Crippen molar-refractivity contribution in [2.45, 2.75) is 45.2 Å². The molecule has 4 heterocycles. The minimum absolute atomic E-state index is 0.0841. The summed E-state index contributed by atoms with van der Waals surface area (Å²) in [5.74, 6) is 1.00. The Kier molecular flexibility index (Phi) is 5.26. The Bertz CT molecular complexity index is 1550. The second-order valence-corrected chi connectivity index (χ2v) is 9.63. The molecular formula is C25H23N5O3S. The van der Waals surface area contributed by atoms with Crippen LogP contribution in [0.3, 0.4) is 0 Å². The number of aryl methyl sites for hydroxylation is 2. The fraction of sp³-hybridized carbons (Fsp3) is 0.280. The molecule has 0 spiro atoms. The first-order valence-electron chi connectivity index (χ1n) is 11.4. The highest BCUT2D eigenvalue weighted by Crippen LogP contribution is 2.37. The maximum absolute atomic E-state index is 13.5.